The first-order valence-corrected chi connectivity index (χ1v) is 15.2. The first kappa shape index (κ1) is 24.3. The molecule has 1 aliphatic rings. The molecule has 0 spiro atoms. The Bertz CT molecular complexity index is 344. The molecule has 26 heavy (non-hydrogen) atoms. The van der Waals surface area contributed by atoms with Crippen molar-refractivity contribution in [2.45, 2.75) is 70.6 Å². The molecular weight excluding hydrogens is 360 g/mol. The van der Waals surface area contributed by atoms with Crippen molar-refractivity contribution in [3.63, 3.8) is 0 Å². The van der Waals surface area contributed by atoms with Gasteiger partial charge in [-0.3, -0.25) is 0 Å². The van der Waals surface area contributed by atoms with Crippen molar-refractivity contribution in [2.75, 3.05) is 54.1 Å². The summed E-state index contributed by atoms with van der Waals surface area (Å²) in [5.41, 5.74) is 0. The van der Waals surface area contributed by atoms with Crippen molar-refractivity contribution in [1.29, 1.82) is 0 Å². The Hall–Kier alpha value is 0.234. The van der Waals surface area contributed by atoms with Gasteiger partial charge >= 0.3 is 8.80 Å². The molecule has 1 rings (SSSR count). The predicted octanol–water partition coefficient (Wildman–Crippen LogP) is 4.05. The number of hydrogen-bond acceptors (Lipinski definition) is 5. The normalized spacial score (nSPS) is 17.2. The van der Waals surface area contributed by atoms with E-state index in [0.29, 0.717) is 0 Å². The van der Waals surface area contributed by atoms with Crippen LogP contribution in [0.5, 0.6) is 0 Å². The van der Waals surface area contributed by atoms with Crippen LogP contribution in [0.1, 0.15) is 46.5 Å². The van der Waals surface area contributed by atoms with Crippen molar-refractivity contribution in [3.8, 4) is 0 Å². The molecule has 0 N–H and O–H groups in total. The smallest absolute Gasteiger partial charge is 0.377 e. The van der Waals surface area contributed by atoms with Crippen molar-refractivity contribution in [3.05, 3.63) is 0 Å². The summed E-state index contributed by atoms with van der Waals surface area (Å²) in [7, 11) is 1.35. The van der Waals surface area contributed by atoms with Gasteiger partial charge in [-0.2, -0.15) is 0 Å². The third-order valence-corrected chi connectivity index (χ3v) is 15.2. The van der Waals surface area contributed by atoms with E-state index in [1.165, 1.54) is 63.6 Å². The molecule has 1 saturated heterocycles. The zero-order chi connectivity index (χ0) is 19.5. The van der Waals surface area contributed by atoms with Crippen LogP contribution in [0.15, 0.2) is 0 Å². The topological polar surface area (TPSA) is 34.2 Å². The summed E-state index contributed by atoms with van der Waals surface area (Å²) in [6.07, 6.45) is 5.26. The summed E-state index contributed by atoms with van der Waals surface area (Å²) < 4.78 is 19.7. The van der Waals surface area contributed by atoms with Gasteiger partial charge in [0, 0.05) is 40.5 Å². The highest BCUT2D eigenvalue weighted by Gasteiger charge is 2.39. The van der Waals surface area contributed by atoms with E-state index in [1.54, 1.807) is 21.3 Å². The highest BCUT2D eigenvalue weighted by atomic mass is 28.4. The summed E-state index contributed by atoms with van der Waals surface area (Å²) >= 11 is 0. The molecule has 0 saturated carbocycles. The highest BCUT2D eigenvalue weighted by molar-refractivity contribution is 6.77. The number of likely N-dealkylation sites (tertiary alicyclic amines) is 1. The fourth-order valence-electron chi connectivity index (χ4n) is 4.49. The molecule has 1 fully saturated rings. The maximum Gasteiger partial charge on any atom is 0.500 e. The van der Waals surface area contributed by atoms with Crippen LogP contribution in [-0.4, -0.2) is 80.6 Å². The van der Waals surface area contributed by atoms with E-state index in [4.69, 9.17) is 13.3 Å². The molecule has 0 aromatic carbocycles. The molecule has 0 aliphatic carbocycles. The minimum atomic E-state index is -2.45. The molecule has 156 valence electrons. The van der Waals surface area contributed by atoms with Crippen LogP contribution in [0.2, 0.25) is 24.2 Å². The van der Waals surface area contributed by atoms with Gasteiger partial charge in [-0.15, -0.1) is 0 Å². The molecule has 0 radical (unpaired) electrons. The van der Waals surface area contributed by atoms with Gasteiger partial charge in [0.2, 0.25) is 0 Å². The third kappa shape index (κ3) is 6.69. The Morgan fingerprint density at radius 3 is 1.81 bits per heavy atom. The summed E-state index contributed by atoms with van der Waals surface area (Å²) in [6, 6.07) is 4.95. The molecule has 0 unspecified atom stereocenters. The fourth-order valence-corrected chi connectivity index (χ4v) is 10.2. The quantitative estimate of drug-likeness (QED) is 0.408. The Morgan fingerprint density at radius 1 is 0.808 bits per heavy atom. The Labute approximate surface area is 164 Å². The summed E-state index contributed by atoms with van der Waals surface area (Å²) in [5, 5.41) is 0. The van der Waals surface area contributed by atoms with Gasteiger partial charge in [-0.1, -0.05) is 27.2 Å². The number of piperidine rings is 1. The average molecular weight is 405 g/mol. The SMILES string of the molecule is CC[Si](CC)(CC)N(CCC[Si](OC)(OC)OC)CCN1CCCCC1. The number of rotatable bonds is 14. The minimum Gasteiger partial charge on any atom is -0.377 e. The van der Waals surface area contributed by atoms with Crippen LogP contribution < -0.4 is 0 Å². The van der Waals surface area contributed by atoms with Gasteiger partial charge in [0.15, 0.2) is 0 Å². The van der Waals surface area contributed by atoms with E-state index in [1.807, 2.05) is 0 Å². The lowest BCUT2D eigenvalue weighted by Gasteiger charge is -2.42. The standard InChI is InChI=1S/C19H44N2O3Si2/c1-7-25(8-2,9-3)21(18-17-20-14-11-10-12-15-20)16-13-19-26(22-4,23-5)24-6/h7-19H2,1-6H3. The first-order valence-electron chi connectivity index (χ1n) is 10.7. The van der Waals surface area contributed by atoms with Crippen LogP contribution in [-0.2, 0) is 13.3 Å². The van der Waals surface area contributed by atoms with Gasteiger partial charge in [0.25, 0.3) is 0 Å². The van der Waals surface area contributed by atoms with E-state index < -0.39 is 17.0 Å². The molecule has 1 heterocycles. The van der Waals surface area contributed by atoms with Crippen molar-refractivity contribution in [2.24, 2.45) is 0 Å². The molecule has 1 aliphatic heterocycles. The van der Waals surface area contributed by atoms with Gasteiger partial charge in [-0.25, -0.2) is 0 Å². The largest absolute Gasteiger partial charge is 0.500 e. The highest BCUT2D eigenvalue weighted by Crippen LogP contribution is 2.26. The lowest BCUT2D eigenvalue weighted by molar-refractivity contribution is 0.122. The van der Waals surface area contributed by atoms with E-state index in [0.717, 1.165) is 19.0 Å². The maximum atomic E-state index is 5.62. The lowest BCUT2D eigenvalue weighted by Crippen LogP contribution is -2.55. The molecule has 0 aromatic heterocycles. The zero-order valence-corrected chi connectivity index (χ0v) is 20.3. The zero-order valence-electron chi connectivity index (χ0n) is 18.3. The number of nitrogens with zero attached hydrogens (tertiary/aromatic N) is 2. The second-order valence-corrected chi connectivity index (χ2v) is 15.9. The van der Waals surface area contributed by atoms with Gasteiger partial charge < -0.3 is 22.7 Å². The number of hydrogen-bond donors (Lipinski definition) is 0. The second kappa shape index (κ2) is 12.6. The van der Waals surface area contributed by atoms with Crippen molar-refractivity contribution >= 4 is 17.0 Å². The Balaban J connectivity index is 2.70. The second-order valence-electron chi connectivity index (χ2n) is 7.57. The molecular formula is C19H44N2O3Si2. The monoisotopic (exact) mass is 404 g/mol. The van der Waals surface area contributed by atoms with Crippen LogP contribution in [0.3, 0.4) is 0 Å². The van der Waals surface area contributed by atoms with E-state index in [-0.39, 0.29) is 0 Å². The van der Waals surface area contributed by atoms with E-state index in [2.05, 4.69) is 30.2 Å². The predicted molar refractivity (Wildman–Crippen MR) is 115 cm³/mol. The van der Waals surface area contributed by atoms with E-state index in [9.17, 15) is 0 Å². The molecule has 0 atom stereocenters. The lowest BCUT2D eigenvalue weighted by atomic mass is 10.1. The van der Waals surface area contributed by atoms with Crippen molar-refractivity contribution in [1.82, 2.24) is 9.47 Å². The van der Waals surface area contributed by atoms with Crippen LogP contribution in [0.25, 0.3) is 0 Å². The van der Waals surface area contributed by atoms with Crippen LogP contribution in [0.4, 0.5) is 0 Å². The van der Waals surface area contributed by atoms with Gasteiger partial charge in [0.1, 0.15) is 8.24 Å². The maximum absolute atomic E-state index is 5.62. The molecule has 0 bridgehead atoms. The van der Waals surface area contributed by atoms with E-state index >= 15 is 0 Å². The third-order valence-electron chi connectivity index (χ3n) is 6.62. The molecule has 0 amide bonds. The fraction of sp³-hybridized carbons (Fsp3) is 1.00. The van der Waals surface area contributed by atoms with Crippen LogP contribution >= 0.6 is 0 Å². The first-order chi connectivity index (χ1) is 12.5. The minimum absolute atomic E-state index is 0.901. The molecule has 7 heteroatoms. The Morgan fingerprint density at radius 2 is 1.35 bits per heavy atom. The van der Waals surface area contributed by atoms with Crippen LogP contribution in [0, 0.1) is 0 Å². The van der Waals surface area contributed by atoms with Gasteiger partial charge in [0.05, 0.1) is 0 Å². The van der Waals surface area contributed by atoms with Gasteiger partial charge in [-0.05, 0) is 57.0 Å². The Kier molecular flexibility index (Phi) is 11.8. The molecule has 5 nitrogen and oxygen atoms in total. The average Bonchev–Trinajstić information content (AvgIpc) is 2.71. The summed E-state index contributed by atoms with van der Waals surface area (Å²) in [6.45, 7) is 13.4. The molecule has 0 aromatic rings. The van der Waals surface area contributed by atoms with Crippen molar-refractivity contribution < 1.29 is 13.3 Å². The summed E-state index contributed by atoms with van der Waals surface area (Å²) in [5.74, 6) is 0. The summed E-state index contributed by atoms with van der Waals surface area (Å²) in [4.78, 5) is 2.68.